The summed E-state index contributed by atoms with van der Waals surface area (Å²) >= 11 is 0. The first-order valence-electron chi connectivity index (χ1n) is 10.1. The van der Waals surface area contributed by atoms with Crippen molar-refractivity contribution in [2.75, 3.05) is 6.61 Å². The fourth-order valence-corrected chi connectivity index (χ4v) is 3.82. The number of aromatic nitrogens is 2. The quantitative estimate of drug-likeness (QED) is 0.698. The van der Waals surface area contributed by atoms with Gasteiger partial charge in [0.05, 0.1) is 23.7 Å². The minimum absolute atomic E-state index is 0.0507. The molecule has 1 saturated carbocycles. The number of ether oxygens (including phenoxy) is 1. The molecule has 1 heterocycles. The van der Waals surface area contributed by atoms with Crippen molar-refractivity contribution in [3.8, 4) is 5.75 Å². The zero-order valence-corrected chi connectivity index (χ0v) is 16.6. The third kappa shape index (κ3) is 4.31. The molecule has 6 heteroatoms. The molecule has 4 rings (SSSR count). The van der Waals surface area contributed by atoms with Gasteiger partial charge in [0.15, 0.2) is 6.61 Å². The first kappa shape index (κ1) is 19.2. The van der Waals surface area contributed by atoms with Crippen molar-refractivity contribution in [3.05, 3.63) is 70.1 Å². The third-order valence-corrected chi connectivity index (χ3v) is 5.42. The van der Waals surface area contributed by atoms with Gasteiger partial charge in [0.25, 0.3) is 11.5 Å². The summed E-state index contributed by atoms with van der Waals surface area (Å²) in [6.45, 7) is 2.19. The number of carbonyl (C=O) groups is 1. The molecule has 1 N–H and O–H groups in total. The van der Waals surface area contributed by atoms with Gasteiger partial charge < -0.3 is 10.1 Å². The van der Waals surface area contributed by atoms with E-state index in [1.165, 1.54) is 0 Å². The highest BCUT2D eigenvalue weighted by Crippen LogP contribution is 2.28. The molecular formula is C23H25N3O3. The summed E-state index contributed by atoms with van der Waals surface area (Å²) in [4.78, 5) is 25.2. The maximum absolute atomic E-state index is 12.9. The van der Waals surface area contributed by atoms with Crippen molar-refractivity contribution in [1.29, 1.82) is 0 Å². The van der Waals surface area contributed by atoms with Gasteiger partial charge >= 0.3 is 0 Å². The highest BCUT2D eigenvalue weighted by molar-refractivity contribution is 5.84. The van der Waals surface area contributed by atoms with Gasteiger partial charge in [-0.3, -0.25) is 9.59 Å². The molecule has 0 unspecified atom stereocenters. The minimum Gasteiger partial charge on any atom is -0.484 e. The van der Waals surface area contributed by atoms with Crippen LogP contribution in [0, 0.1) is 6.92 Å². The molecule has 6 nitrogen and oxygen atoms in total. The number of hydrogen-bond acceptors (Lipinski definition) is 4. The van der Waals surface area contributed by atoms with E-state index in [1.54, 1.807) is 4.68 Å². The second kappa shape index (κ2) is 8.47. The van der Waals surface area contributed by atoms with E-state index in [9.17, 15) is 9.59 Å². The van der Waals surface area contributed by atoms with E-state index in [1.807, 2.05) is 55.5 Å². The number of amides is 1. The Bertz CT molecular complexity index is 1070. The Hall–Kier alpha value is -3.15. The third-order valence-electron chi connectivity index (χ3n) is 5.42. The minimum atomic E-state index is -0.227. The molecule has 1 aliphatic carbocycles. The average Bonchev–Trinajstić information content (AvgIpc) is 3.28. The second-order valence-corrected chi connectivity index (χ2v) is 7.56. The topological polar surface area (TPSA) is 73.2 Å². The number of carbonyl (C=O) groups excluding carboxylic acids is 1. The number of hydrogen-bond donors (Lipinski definition) is 1. The summed E-state index contributed by atoms with van der Waals surface area (Å²) in [7, 11) is 0. The van der Waals surface area contributed by atoms with Gasteiger partial charge in [0, 0.05) is 5.39 Å². The maximum Gasteiger partial charge on any atom is 0.274 e. The van der Waals surface area contributed by atoms with E-state index < -0.39 is 0 Å². The van der Waals surface area contributed by atoms with E-state index in [2.05, 4.69) is 10.4 Å². The number of aryl methyl sites for hydroxylation is 1. The van der Waals surface area contributed by atoms with Crippen LogP contribution in [0.1, 0.15) is 43.0 Å². The highest BCUT2D eigenvalue weighted by atomic mass is 16.5. The van der Waals surface area contributed by atoms with Crippen LogP contribution in [0.4, 0.5) is 0 Å². The van der Waals surface area contributed by atoms with Gasteiger partial charge in [0.2, 0.25) is 0 Å². The Morgan fingerprint density at radius 2 is 1.79 bits per heavy atom. The SMILES string of the molecule is Cc1ccc(OCC(=O)NCc2nn(C3CCCC3)c(=O)c3ccccc23)cc1. The van der Waals surface area contributed by atoms with Crippen LogP contribution in [0.25, 0.3) is 10.8 Å². The van der Waals surface area contributed by atoms with Gasteiger partial charge in [-0.2, -0.15) is 5.10 Å². The van der Waals surface area contributed by atoms with Crippen molar-refractivity contribution in [2.45, 2.75) is 45.2 Å². The first-order valence-corrected chi connectivity index (χ1v) is 10.1. The number of fused-ring (bicyclic) bond motifs is 1. The Morgan fingerprint density at radius 1 is 1.10 bits per heavy atom. The molecule has 1 amide bonds. The van der Waals surface area contributed by atoms with Crippen molar-refractivity contribution >= 4 is 16.7 Å². The van der Waals surface area contributed by atoms with Gasteiger partial charge in [-0.25, -0.2) is 4.68 Å². The van der Waals surface area contributed by atoms with E-state index in [0.29, 0.717) is 16.8 Å². The molecular weight excluding hydrogens is 366 g/mol. The summed E-state index contributed by atoms with van der Waals surface area (Å²) in [5, 5.41) is 8.93. The fraction of sp³-hybridized carbons (Fsp3) is 0.348. The van der Waals surface area contributed by atoms with Crippen LogP contribution >= 0.6 is 0 Å². The van der Waals surface area contributed by atoms with E-state index in [-0.39, 0.29) is 30.7 Å². The summed E-state index contributed by atoms with van der Waals surface area (Å²) < 4.78 is 7.16. The number of nitrogens with one attached hydrogen (secondary N) is 1. The predicted molar refractivity (Wildman–Crippen MR) is 112 cm³/mol. The van der Waals surface area contributed by atoms with Crippen LogP contribution < -0.4 is 15.6 Å². The van der Waals surface area contributed by atoms with E-state index in [4.69, 9.17) is 4.74 Å². The van der Waals surface area contributed by atoms with Crippen LogP contribution in [0.15, 0.2) is 53.3 Å². The molecule has 3 aromatic rings. The van der Waals surface area contributed by atoms with Crippen molar-refractivity contribution in [3.63, 3.8) is 0 Å². The van der Waals surface area contributed by atoms with Crippen LogP contribution in [-0.2, 0) is 11.3 Å². The molecule has 0 atom stereocenters. The molecule has 29 heavy (non-hydrogen) atoms. The van der Waals surface area contributed by atoms with Gasteiger partial charge in [-0.15, -0.1) is 0 Å². The second-order valence-electron chi connectivity index (χ2n) is 7.56. The Kier molecular flexibility index (Phi) is 5.60. The number of benzene rings is 2. The number of nitrogens with zero attached hydrogens (tertiary/aromatic N) is 2. The first-order chi connectivity index (χ1) is 14.1. The molecule has 2 aromatic carbocycles. The normalized spacial score (nSPS) is 14.2. The van der Waals surface area contributed by atoms with E-state index >= 15 is 0 Å². The molecule has 1 fully saturated rings. The Balaban J connectivity index is 1.49. The maximum atomic E-state index is 12.9. The summed E-state index contributed by atoms with van der Waals surface area (Å²) in [6.07, 6.45) is 4.19. The van der Waals surface area contributed by atoms with Crippen LogP contribution in [-0.4, -0.2) is 22.3 Å². The lowest BCUT2D eigenvalue weighted by Crippen LogP contribution is -2.32. The summed E-state index contributed by atoms with van der Waals surface area (Å²) in [5.74, 6) is 0.430. The van der Waals surface area contributed by atoms with Crippen LogP contribution in [0.5, 0.6) is 5.75 Å². The summed E-state index contributed by atoms with van der Waals surface area (Å²) in [6, 6.07) is 15.2. The molecule has 1 aliphatic rings. The van der Waals surface area contributed by atoms with Crippen molar-refractivity contribution in [2.24, 2.45) is 0 Å². The van der Waals surface area contributed by atoms with Crippen LogP contribution in [0.3, 0.4) is 0 Å². The monoisotopic (exact) mass is 391 g/mol. The Labute approximate surface area is 169 Å². The smallest absolute Gasteiger partial charge is 0.274 e. The van der Waals surface area contributed by atoms with Crippen molar-refractivity contribution < 1.29 is 9.53 Å². The lowest BCUT2D eigenvalue weighted by molar-refractivity contribution is -0.123. The lowest BCUT2D eigenvalue weighted by atomic mass is 10.1. The zero-order chi connectivity index (χ0) is 20.2. The molecule has 0 bridgehead atoms. The zero-order valence-electron chi connectivity index (χ0n) is 16.6. The fourth-order valence-electron chi connectivity index (χ4n) is 3.82. The molecule has 1 aromatic heterocycles. The average molecular weight is 391 g/mol. The predicted octanol–water partition coefficient (Wildman–Crippen LogP) is 3.52. The molecule has 0 aliphatic heterocycles. The molecule has 0 radical (unpaired) electrons. The lowest BCUT2D eigenvalue weighted by Gasteiger charge is -2.16. The molecule has 150 valence electrons. The van der Waals surface area contributed by atoms with Crippen LogP contribution in [0.2, 0.25) is 0 Å². The molecule has 0 spiro atoms. The Morgan fingerprint density at radius 3 is 2.52 bits per heavy atom. The number of rotatable bonds is 6. The van der Waals surface area contributed by atoms with Gasteiger partial charge in [-0.05, 0) is 38.0 Å². The van der Waals surface area contributed by atoms with Crippen molar-refractivity contribution in [1.82, 2.24) is 15.1 Å². The highest BCUT2D eigenvalue weighted by Gasteiger charge is 2.21. The molecule has 0 saturated heterocycles. The van der Waals surface area contributed by atoms with Gasteiger partial charge in [-0.1, -0.05) is 48.7 Å². The van der Waals surface area contributed by atoms with Gasteiger partial charge in [0.1, 0.15) is 5.75 Å². The standard InChI is InChI=1S/C23H25N3O3/c1-16-10-12-18(13-11-16)29-15-22(27)24-14-21-19-8-4-5-9-20(19)23(28)26(25-21)17-6-2-3-7-17/h4-5,8-13,17H,2-3,6-7,14-15H2,1H3,(H,24,27). The summed E-state index contributed by atoms with van der Waals surface area (Å²) in [5.41, 5.74) is 1.79. The van der Waals surface area contributed by atoms with E-state index in [0.717, 1.165) is 36.6 Å². The largest absolute Gasteiger partial charge is 0.484 e.